The largest absolute Gasteiger partial charge is 0.346 e. The predicted molar refractivity (Wildman–Crippen MR) is 57.4 cm³/mol. The first-order valence-corrected chi connectivity index (χ1v) is 6.24. The lowest BCUT2D eigenvalue weighted by Gasteiger charge is -2.24. The second-order valence-electron chi connectivity index (χ2n) is 3.91. The van der Waals surface area contributed by atoms with Gasteiger partial charge in [0.15, 0.2) is 0 Å². The molecule has 0 saturated carbocycles. The molecule has 0 aliphatic rings. The summed E-state index contributed by atoms with van der Waals surface area (Å²) in [5.41, 5.74) is 0.769. The van der Waals surface area contributed by atoms with Crippen molar-refractivity contribution in [1.82, 2.24) is 15.5 Å². The van der Waals surface area contributed by atoms with Gasteiger partial charge in [-0.25, -0.2) is 19.0 Å². The maximum Gasteiger partial charge on any atom is 0.323 e. The minimum Gasteiger partial charge on any atom is -0.346 e. The minimum absolute atomic E-state index is 0.0354. The zero-order valence-electron chi connectivity index (χ0n) is 9.33. The smallest absolute Gasteiger partial charge is 0.323 e. The molecular weight excluding hydrogens is 236 g/mol. The third kappa shape index (κ3) is 6.32. The molecule has 8 nitrogen and oxygen atoms in total. The van der Waals surface area contributed by atoms with Crippen LogP contribution in [0.4, 0.5) is 0 Å². The van der Waals surface area contributed by atoms with Crippen molar-refractivity contribution in [1.29, 1.82) is 0 Å². The third-order valence-corrected chi connectivity index (χ3v) is 2.41. The summed E-state index contributed by atoms with van der Waals surface area (Å²) in [4.78, 5) is 21.7. The summed E-state index contributed by atoms with van der Waals surface area (Å²) in [7, 11) is -3.38. The number of carbonyl (C=O) groups is 2. The van der Waals surface area contributed by atoms with E-state index >= 15 is 0 Å². The van der Waals surface area contributed by atoms with Gasteiger partial charge in [0.1, 0.15) is 0 Å². The van der Waals surface area contributed by atoms with Gasteiger partial charge in [-0.1, -0.05) is 0 Å². The Morgan fingerprint density at radius 1 is 1.25 bits per heavy atom. The first-order valence-electron chi connectivity index (χ1n) is 4.35. The Labute approximate surface area is 94.0 Å². The Morgan fingerprint density at radius 2 is 1.75 bits per heavy atom. The highest BCUT2D eigenvalue weighted by molar-refractivity contribution is 7.88. The third-order valence-electron chi connectivity index (χ3n) is 1.49. The van der Waals surface area contributed by atoms with E-state index in [1.807, 2.05) is 0 Å². The first-order chi connectivity index (χ1) is 7.07. The SMILES string of the molecule is CC(C)(CNC(=O)C(=O)NN)NS(C)(=O)=O. The molecule has 0 saturated heterocycles. The van der Waals surface area contributed by atoms with E-state index in [0.717, 1.165) is 6.26 Å². The van der Waals surface area contributed by atoms with Crippen molar-refractivity contribution >= 4 is 21.8 Å². The lowest BCUT2D eigenvalue weighted by molar-refractivity contribution is -0.139. The molecular formula is C7H16N4O4S. The van der Waals surface area contributed by atoms with Crippen molar-refractivity contribution in [2.24, 2.45) is 5.84 Å². The number of hydrogen-bond donors (Lipinski definition) is 4. The van der Waals surface area contributed by atoms with Gasteiger partial charge in [0.2, 0.25) is 10.0 Å². The molecule has 0 fully saturated rings. The summed E-state index contributed by atoms with van der Waals surface area (Å²) in [6, 6.07) is 0. The quantitative estimate of drug-likeness (QED) is 0.189. The number of rotatable bonds is 4. The summed E-state index contributed by atoms with van der Waals surface area (Å²) in [5, 5.41) is 2.24. The fourth-order valence-electron chi connectivity index (χ4n) is 0.985. The van der Waals surface area contributed by atoms with Crippen LogP contribution in [0.25, 0.3) is 0 Å². The molecule has 0 bridgehead atoms. The van der Waals surface area contributed by atoms with Gasteiger partial charge in [0, 0.05) is 12.1 Å². The van der Waals surface area contributed by atoms with Gasteiger partial charge in [-0.2, -0.15) is 0 Å². The maximum atomic E-state index is 11.0. The van der Waals surface area contributed by atoms with E-state index in [0.29, 0.717) is 0 Å². The molecule has 5 N–H and O–H groups in total. The van der Waals surface area contributed by atoms with E-state index in [1.165, 1.54) is 0 Å². The van der Waals surface area contributed by atoms with Gasteiger partial charge in [0.25, 0.3) is 0 Å². The molecule has 0 rings (SSSR count). The molecule has 9 heteroatoms. The second-order valence-corrected chi connectivity index (χ2v) is 5.66. The molecule has 2 amide bonds. The number of sulfonamides is 1. The summed E-state index contributed by atoms with van der Waals surface area (Å²) >= 11 is 0. The van der Waals surface area contributed by atoms with Crippen molar-refractivity contribution in [3.63, 3.8) is 0 Å². The minimum atomic E-state index is -3.38. The van der Waals surface area contributed by atoms with Crippen molar-refractivity contribution < 1.29 is 18.0 Å². The number of nitrogens with one attached hydrogen (secondary N) is 3. The molecule has 0 aromatic carbocycles. The lowest BCUT2D eigenvalue weighted by Crippen LogP contribution is -2.53. The van der Waals surface area contributed by atoms with Gasteiger partial charge >= 0.3 is 11.8 Å². The Bertz CT molecular complexity index is 376. The van der Waals surface area contributed by atoms with Crippen molar-refractivity contribution in [2.75, 3.05) is 12.8 Å². The van der Waals surface area contributed by atoms with Gasteiger partial charge in [-0.3, -0.25) is 15.0 Å². The lowest BCUT2D eigenvalue weighted by atomic mass is 10.1. The summed E-state index contributed by atoms with van der Waals surface area (Å²) in [5.74, 6) is 2.83. The Hall–Kier alpha value is -1.19. The monoisotopic (exact) mass is 252 g/mol. The van der Waals surface area contributed by atoms with Crippen LogP contribution < -0.4 is 21.3 Å². The topological polar surface area (TPSA) is 130 Å². The number of hydrazine groups is 1. The molecule has 0 atom stereocenters. The maximum absolute atomic E-state index is 11.0. The summed E-state index contributed by atoms with van der Waals surface area (Å²) in [6.45, 7) is 3.09. The van der Waals surface area contributed by atoms with Crippen LogP contribution in [0.15, 0.2) is 0 Å². The highest BCUT2D eigenvalue weighted by Gasteiger charge is 2.24. The highest BCUT2D eigenvalue weighted by atomic mass is 32.2. The van der Waals surface area contributed by atoms with Crippen LogP contribution in [-0.2, 0) is 19.6 Å². The van der Waals surface area contributed by atoms with E-state index in [1.54, 1.807) is 19.3 Å². The van der Waals surface area contributed by atoms with Crippen LogP contribution in [0.5, 0.6) is 0 Å². The molecule has 0 aromatic rings. The van der Waals surface area contributed by atoms with Gasteiger partial charge < -0.3 is 5.32 Å². The van der Waals surface area contributed by atoms with Gasteiger partial charge in [-0.05, 0) is 13.8 Å². The van der Waals surface area contributed by atoms with Crippen LogP contribution >= 0.6 is 0 Å². The Morgan fingerprint density at radius 3 is 2.12 bits per heavy atom. The normalized spacial score (nSPS) is 12.0. The molecule has 16 heavy (non-hydrogen) atoms. The average molecular weight is 252 g/mol. The fraction of sp³-hybridized carbons (Fsp3) is 0.714. The fourth-order valence-corrected chi connectivity index (χ4v) is 2.06. The van der Waals surface area contributed by atoms with Crippen molar-refractivity contribution in [3.8, 4) is 0 Å². The molecule has 0 aliphatic heterocycles. The molecule has 0 spiro atoms. The van der Waals surface area contributed by atoms with E-state index in [2.05, 4.69) is 10.0 Å². The number of carbonyl (C=O) groups excluding carboxylic acids is 2. The number of nitrogens with two attached hydrogens (primary N) is 1. The second kappa shape index (κ2) is 5.23. The zero-order valence-corrected chi connectivity index (χ0v) is 10.1. The first kappa shape index (κ1) is 14.8. The van der Waals surface area contributed by atoms with E-state index in [4.69, 9.17) is 5.84 Å². The zero-order chi connectivity index (χ0) is 13.0. The van der Waals surface area contributed by atoms with Gasteiger partial charge in [0.05, 0.1) is 6.26 Å². The molecule has 0 aromatic heterocycles. The van der Waals surface area contributed by atoms with E-state index in [-0.39, 0.29) is 6.54 Å². The van der Waals surface area contributed by atoms with E-state index < -0.39 is 27.4 Å². The summed E-state index contributed by atoms with van der Waals surface area (Å²) in [6.07, 6.45) is 1.00. The molecule has 0 heterocycles. The standard InChI is InChI=1S/C7H16N4O4S/c1-7(2,11-16(3,14)15)4-9-5(12)6(13)10-8/h11H,4,8H2,1-3H3,(H,9,12)(H,10,13). The number of hydrogen-bond acceptors (Lipinski definition) is 5. The molecule has 0 radical (unpaired) electrons. The van der Waals surface area contributed by atoms with Crippen molar-refractivity contribution in [2.45, 2.75) is 19.4 Å². The van der Waals surface area contributed by atoms with Crippen molar-refractivity contribution in [3.05, 3.63) is 0 Å². The van der Waals surface area contributed by atoms with Crippen LogP contribution in [0.3, 0.4) is 0 Å². The van der Waals surface area contributed by atoms with Crippen LogP contribution in [0, 0.1) is 0 Å². The summed E-state index contributed by atoms with van der Waals surface area (Å²) < 4.78 is 24.2. The Kier molecular flexibility index (Phi) is 4.84. The molecule has 0 unspecified atom stereocenters. The molecule has 0 aliphatic carbocycles. The Balaban J connectivity index is 4.30. The highest BCUT2D eigenvalue weighted by Crippen LogP contribution is 2.01. The predicted octanol–water partition coefficient (Wildman–Crippen LogP) is -2.58. The van der Waals surface area contributed by atoms with Crippen LogP contribution in [0.1, 0.15) is 13.8 Å². The molecule has 94 valence electrons. The number of amides is 2. The van der Waals surface area contributed by atoms with Crippen LogP contribution in [0.2, 0.25) is 0 Å². The average Bonchev–Trinajstić information content (AvgIpc) is 2.09. The van der Waals surface area contributed by atoms with Gasteiger partial charge in [-0.15, -0.1) is 0 Å². The van der Waals surface area contributed by atoms with E-state index in [9.17, 15) is 18.0 Å². The van der Waals surface area contributed by atoms with Crippen LogP contribution in [-0.4, -0.2) is 38.6 Å².